The van der Waals surface area contributed by atoms with Crippen LogP contribution in [0.4, 0.5) is 0 Å². The van der Waals surface area contributed by atoms with Gasteiger partial charge in [-0.05, 0) is 68.3 Å². The van der Waals surface area contributed by atoms with Gasteiger partial charge in [0.1, 0.15) is 5.78 Å². The van der Waals surface area contributed by atoms with E-state index >= 15 is 0 Å². The molecule has 4 heteroatoms. The molecule has 0 N–H and O–H groups in total. The Bertz CT molecular complexity index is 683. The van der Waals surface area contributed by atoms with Crippen molar-refractivity contribution in [1.82, 2.24) is 0 Å². The van der Waals surface area contributed by atoms with Crippen molar-refractivity contribution in [2.45, 2.75) is 71.6 Å². The van der Waals surface area contributed by atoms with Gasteiger partial charge in [-0.25, -0.2) is 0 Å². The van der Waals surface area contributed by atoms with E-state index < -0.39 is 0 Å². The molecule has 4 aliphatic rings. The van der Waals surface area contributed by atoms with Crippen LogP contribution in [-0.2, 0) is 14.4 Å². The summed E-state index contributed by atoms with van der Waals surface area (Å²) in [5.74, 6) is 3.51. The van der Waals surface area contributed by atoms with Crippen LogP contribution in [0.3, 0.4) is 0 Å². The lowest BCUT2D eigenvalue weighted by molar-refractivity contribution is -0.134. The lowest BCUT2D eigenvalue weighted by Gasteiger charge is -2.58. The molecular weight excluding hydrogens is 356 g/mol. The quantitative estimate of drug-likeness (QED) is 0.681. The molecule has 4 rings (SSSR count). The standard InChI is InChI=1S/C23H32O3S/c1-3-4-21(26)27-14-23-12-9-16(24)13-15(23)5-6-17-18-7-8-20(25)22(18,2)11-10-19(17)23/h9,12,15,17-19H,3-8,10-11,13-14H2,1-2H3/t15?,17-,18-,19+,22-,23+/m0/s1. The molecule has 3 fully saturated rings. The number of Topliss-reactive ketones (excluding diaryl/α,β-unsaturated/α-hetero) is 1. The minimum atomic E-state index is -0.117. The summed E-state index contributed by atoms with van der Waals surface area (Å²) in [7, 11) is 0. The van der Waals surface area contributed by atoms with E-state index in [1.165, 1.54) is 11.8 Å². The number of ketones is 2. The zero-order valence-electron chi connectivity index (χ0n) is 16.7. The Kier molecular flexibility index (Phi) is 5.15. The molecule has 0 aliphatic heterocycles. The highest BCUT2D eigenvalue weighted by Gasteiger charge is 2.60. The van der Waals surface area contributed by atoms with Crippen molar-refractivity contribution in [3.8, 4) is 0 Å². The van der Waals surface area contributed by atoms with E-state index in [-0.39, 0.29) is 21.7 Å². The van der Waals surface area contributed by atoms with Crippen LogP contribution in [0.1, 0.15) is 71.6 Å². The van der Waals surface area contributed by atoms with Crippen LogP contribution in [0.15, 0.2) is 12.2 Å². The minimum absolute atomic E-state index is 0.0299. The molecule has 6 atom stereocenters. The molecule has 0 spiro atoms. The zero-order chi connectivity index (χ0) is 19.2. The Hall–Kier alpha value is -0.900. The molecule has 3 nitrogen and oxygen atoms in total. The van der Waals surface area contributed by atoms with Crippen molar-refractivity contribution in [2.24, 2.45) is 34.5 Å². The van der Waals surface area contributed by atoms with Gasteiger partial charge in [0, 0.05) is 35.8 Å². The van der Waals surface area contributed by atoms with E-state index in [1.54, 1.807) is 6.08 Å². The zero-order valence-corrected chi connectivity index (χ0v) is 17.5. The van der Waals surface area contributed by atoms with Crippen LogP contribution < -0.4 is 0 Å². The highest BCUT2D eigenvalue weighted by Crippen LogP contribution is 2.64. The second-order valence-electron chi connectivity index (χ2n) is 9.60. The van der Waals surface area contributed by atoms with Crippen LogP contribution in [0.5, 0.6) is 0 Å². The van der Waals surface area contributed by atoms with Crippen molar-refractivity contribution in [2.75, 3.05) is 5.75 Å². The molecule has 0 saturated heterocycles. The number of hydrogen-bond donors (Lipinski definition) is 0. The highest BCUT2D eigenvalue weighted by atomic mass is 32.2. The fraction of sp³-hybridized carbons (Fsp3) is 0.783. The summed E-state index contributed by atoms with van der Waals surface area (Å²) in [5.41, 5.74) is -0.146. The number of carbonyl (C=O) groups excluding carboxylic acids is 3. The molecule has 0 aromatic heterocycles. The molecule has 0 bridgehead atoms. The van der Waals surface area contributed by atoms with Crippen LogP contribution in [0.25, 0.3) is 0 Å². The number of hydrogen-bond acceptors (Lipinski definition) is 4. The second-order valence-corrected chi connectivity index (χ2v) is 10.6. The maximum atomic E-state index is 12.6. The first kappa shape index (κ1) is 19.4. The molecule has 0 aromatic carbocycles. The summed E-state index contributed by atoms with van der Waals surface area (Å²) < 4.78 is 0. The normalized spacial score (nSPS) is 43.2. The molecule has 3 saturated carbocycles. The summed E-state index contributed by atoms with van der Waals surface area (Å²) in [6.45, 7) is 4.26. The van der Waals surface area contributed by atoms with Gasteiger partial charge in [-0.3, -0.25) is 14.4 Å². The average Bonchev–Trinajstić information content (AvgIpc) is 2.95. The predicted octanol–water partition coefficient (Wildman–Crippen LogP) is 4.98. The number of rotatable bonds is 4. The lowest BCUT2D eigenvalue weighted by Crippen LogP contribution is -2.54. The molecule has 27 heavy (non-hydrogen) atoms. The van der Waals surface area contributed by atoms with E-state index in [1.807, 2.05) is 0 Å². The van der Waals surface area contributed by atoms with Gasteiger partial charge in [0.05, 0.1) is 0 Å². The third-order valence-electron chi connectivity index (χ3n) is 8.41. The third-order valence-corrected chi connectivity index (χ3v) is 9.58. The first-order chi connectivity index (χ1) is 12.9. The van der Waals surface area contributed by atoms with E-state index in [4.69, 9.17) is 0 Å². The van der Waals surface area contributed by atoms with Gasteiger partial charge in [-0.2, -0.15) is 0 Å². The number of fused-ring (bicyclic) bond motifs is 5. The van der Waals surface area contributed by atoms with Crippen molar-refractivity contribution >= 4 is 28.4 Å². The topological polar surface area (TPSA) is 51.2 Å². The molecule has 0 radical (unpaired) electrons. The molecule has 1 unspecified atom stereocenters. The molecular formula is C23H32O3S. The van der Waals surface area contributed by atoms with Crippen LogP contribution in [0, 0.1) is 34.5 Å². The summed E-state index contributed by atoms with van der Waals surface area (Å²) >= 11 is 1.50. The summed E-state index contributed by atoms with van der Waals surface area (Å²) in [6.07, 6.45) is 12.2. The first-order valence-corrected chi connectivity index (χ1v) is 11.8. The van der Waals surface area contributed by atoms with E-state index in [2.05, 4.69) is 19.9 Å². The second kappa shape index (κ2) is 7.17. The van der Waals surface area contributed by atoms with Gasteiger partial charge < -0.3 is 0 Å². The average molecular weight is 389 g/mol. The maximum absolute atomic E-state index is 12.6. The molecule has 148 valence electrons. The van der Waals surface area contributed by atoms with Gasteiger partial charge in [-0.15, -0.1) is 0 Å². The van der Waals surface area contributed by atoms with Gasteiger partial charge in [-0.1, -0.05) is 31.7 Å². The third kappa shape index (κ3) is 3.07. The molecule has 4 aliphatic carbocycles. The van der Waals surface area contributed by atoms with Crippen molar-refractivity contribution in [3.05, 3.63) is 12.2 Å². The SMILES string of the molecule is CCCC(=O)SC[C@]12C=CC(=O)CC1CC[C@@H]1[C@H]2CC[C@]2(C)C(=O)CC[C@@H]12. The fourth-order valence-electron chi connectivity index (χ4n) is 6.96. The summed E-state index contributed by atoms with van der Waals surface area (Å²) in [6, 6.07) is 0. The Morgan fingerprint density at radius 3 is 2.78 bits per heavy atom. The Labute approximate surface area is 167 Å². The fourth-order valence-corrected chi connectivity index (χ4v) is 8.26. The van der Waals surface area contributed by atoms with Crippen LogP contribution in [-0.4, -0.2) is 22.4 Å². The minimum Gasteiger partial charge on any atom is -0.299 e. The number of carbonyl (C=O) groups is 3. The monoisotopic (exact) mass is 388 g/mol. The largest absolute Gasteiger partial charge is 0.299 e. The first-order valence-electron chi connectivity index (χ1n) is 10.8. The Balaban J connectivity index is 1.64. The highest BCUT2D eigenvalue weighted by molar-refractivity contribution is 8.13. The van der Waals surface area contributed by atoms with E-state index in [0.29, 0.717) is 42.3 Å². The van der Waals surface area contributed by atoms with Gasteiger partial charge in [0.15, 0.2) is 10.9 Å². The summed E-state index contributed by atoms with van der Waals surface area (Å²) in [5, 5.41) is 0.287. The molecule has 0 aromatic rings. The summed E-state index contributed by atoms with van der Waals surface area (Å²) in [4.78, 5) is 37.0. The van der Waals surface area contributed by atoms with Crippen molar-refractivity contribution < 1.29 is 14.4 Å². The van der Waals surface area contributed by atoms with Crippen LogP contribution >= 0.6 is 11.8 Å². The molecule has 0 heterocycles. The maximum Gasteiger partial charge on any atom is 0.188 e. The van der Waals surface area contributed by atoms with Gasteiger partial charge in [0.25, 0.3) is 0 Å². The lowest BCUT2D eigenvalue weighted by atomic mass is 9.46. The van der Waals surface area contributed by atoms with Crippen molar-refractivity contribution in [3.63, 3.8) is 0 Å². The molecule has 0 amide bonds. The Morgan fingerprint density at radius 2 is 2.00 bits per heavy atom. The van der Waals surface area contributed by atoms with Crippen LogP contribution in [0.2, 0.25) is 0 Å². The van der Waals surface area contributed by atoms with Crippen molar-refractivity contribution in [1.29, 1.82) is 0 Å². The van der Waals surface area contributed by atoms with E-state index in [9.17, 15) is 14.4 Å². The Morgan fingerprint density at radius 1 is 1.19 bits per heavy atom. The predicted molar refractivity (Wildman–Crippen MR) is 108 cm³/mol. The van der Waals surface area contributed by atoms with E-state index in [0.717, 1.165) is 50.7 Å². The number of thioether (sulfide) groups is 1. The van der Waals surface area contributed by atoms with Gasteiger partial charge >= 0.3 is 0 Å². The number of allylic oxidation sites excluding steroid dienone is 2. The smallest absolute Gasteiger partial charge is 0.188 e. The van der Waals surface area contributed by atoms with Gasteiger partial charge in [0.2, 0.25) is 0 Å².